The van der Waals surface area contributed by atoms with Gasteiger partial charge in [-0.1, -0.05) is 30.3 Å². The third-order valence-corrected chi connectivity index (χ3v) is 2.74. The summed E-state index contributed by atoms with van der Waals surface area (Å²) in [5, 5.41) is 10.7. The summed E-state index contributed by atoms with van der Waals surface area (Å²) >= 11 is 0. The van der Waals surface area contributed by atoms with Gasteiger partial charge in [0.15, 0.2) is 0 Å². The van der Waals surface area contributed by atoms with Crippen LogP contribution in [-0.4, -0.2) is 10.9 Å². The molecule has 0 bridgehead atoms. The van der Waals surface area contributed by atoms with Crippen molar-refractivity contribution < 1.29 is 14.5 Å². The number of hydrogen-bond donors (Lipinski definition) is 0. The van der Waals surface area contributed by atoms with Crippen LogP contribution in [-0.2, 0) is 4.79 Å². The second-order valence-corrected chi connectivity index (χ2v) is 4.38. The number of carbonyl (C=O) groups excluding carboxylic acids is 1. The minimum atomic E-state index is -0.493. The van der Waals surface area contributed by atoms with E-state index < -0.39 is 10.9 Å². The molecule has 0 amide bonds. The fourth-order valence-electron chi connectivity index (χ4n) is 1.71. The molecular formula is C16H13NO4. The van der Waals surface area contributed by atoms with E-state index in [0.717, 1.165) is 0 Å². The summed E-state index contributed by atoms with van der Waals surface area (Å²) in [6, 6.07) is 14.8. The van der Waals surface area contributed by atoms with Crippen molar-refractivity contribution in [3.8, 4) is 5.75 Å². The zero-order valence-electron chi connectivity index (χ0n) is 11.4. The Kier molecular flexibility index (Phi) is 4.46. The largest absolute Gasteiger partial charge is 0.423 e. The van der Waals surface area contributed by atoms with E-state index in [9.17, 15) is 14.9 Å². The zero-order valence-corrected chi connectivity index (χ0v) is 11.4. The summed E-state index contributed by atoms with van der Waals surface area (Å²) in [4.78, 5) is 22.1. The summed E-state index contributed by atoms with van der Waals surface area (Å²) in [5.41, 5.74) is 0.916. The van der Waals surface area contributed by atoms with Crippen molar-refractivity contribution in [1.82, 2.24) is 0 Å². The quantitative estimate of drug-likeness (QED) is 0.282. The molecular weight excluding hydrogens is 270 g/mol. The first kappa shape index (κ1) is 14.5. The molecule has 0 fully saturated rings. The van der Waals surface area contributed by atoms with Crippen LogP contribution in [0.25, 0.3) is 6.08 Å². The normalized spacial score (nSPS) is 11.0. The Labute approximate surface area is 121 Å². The lowest BCUT2D eigenvalue weighted by molar-refractivity contribution is -0.384. The SMILES string of the molecule is CC(=Cc1cccc([N+](=O)[O-])c1)C(=O)Oc1ccccc1. The Morgan fingerprint density at radius 2 is 1.86 bits per heavy atom. The van der Waals surface area contributed by atoms with Gasteiger partial charge in [0, 0.05) is 17.7 Å². The lowest BCUT2D eigenvalue weighted by Crippen LogP contribution is -2.08. The van der Waals surface area contributed by atoms with Gasteiger partial charge in [-0.25, -0.2) is 4.79 Å². The molecule has 0 saturated heterocycles. The number of nitro benzene ring substituents is 1. The number of ether oxygens (including phenoxy) is 1. The van der Waals surface area contributed by atoms with E-state index in [-0.39, 0.29) is 5.69 Å². The van der Waals surface area contributed by atoms with Crippen molar-refractivity contribution in [2.75, 3.05) is 0 Å². The van der Waals surface area contributed by atoms with Crippen molar-refractivity contribution in [3.63, 3.8) is 0 Å². The van der Waals surface area contributed by atoms with E-state index in [0.29, 0.717) is 16.9 Å². The van der Waals surface area contributed by atoms with Crippen LogP contribution in [0.2, 0.25) is 0 Å². The van der Waals surface area contributed by atoms with Gasteiger partial charge in [0.2, 0.25) is 0 Å². The van der Waals surface area contributed by atoms with Gasteiger partial charge in [0.25, 0.3) is 5.69 Å². The molecule has 0 aromatic heterocycles. The van der Waals surface area contributed by atoms with Crippen LogP contribution < -0.4 is 4.74 Å². The minimum absolute atomic E-state index is 0.0204. The highest BCUT2D eigenvalue weighted by Crippen LogP contribution is 2.17. The fourth-order valence-corrected chi connectivity index (χ4v) is 1.71. The van der Waals surface area contributed by atoms with E-state index >= 15 is 0 Å². The molecule has 0 heterocycles. The molecule has 21 heavy (non-hydrogen) atoms. The molecule has 106 valence electrons. The zero-order chi connectivity index (χ0) is 15.2. The molecule has 2 aromatic carbocycles. The van der Waals surface area contributed by atoms with E-state index in [1.165, 1.54) is 12.1 Å². The molecule has 0 aliphatic heterocycles. The first-order chi connectivity index (χ1) is 10.1. The smallest absolute Gasteiger partial charge is 0.339 e. The number of rotatable bonds is 4. The summed E-state index contributed by atoms with van der Waals surface area (Å²) in [6.07, 6.45) is 1.55. The molecule has 0 aliphatic rings. The topological polar surface area (TPSA) is 69.4 Å². The number of hydrogen-bond acceptors (Lipinski definition) is 4. The summed E-state index contributed by atoms with van der Waals surface area (Å²) < 4.78 is 5.18. The fraction of sp³-hybridized carbons (Fsp3) is 0.0625. The molecule has 2 rings (SSSR count). The first-order valence-electron chi connectivity index (χ1n) is 6.26. The highest BCUT2D eigenvalue weighted by molar-refractivity contribution is 5.94. The second kappa shape index (κ2) is 6.47. The predicted octanol–water partition coefficient (Wildman–Crippen LogP) is 3.60. The highest BCUT2D eigenvalue weighted by Gasteiger charge is 2.09. The molecule has 2 aromatic rings. The molecule has 0 aliphatic carbocycles. The second-order valence-electron chi connectivity index (χ2n) is 4.38. The third-order valence-electron chi connectivity index (χ3n) is 2.74. The maximum Gasteiger partial charge on any atom is 0.339 e. The van der Waals surface area contributed by atoms with Crippen LogP contribution in [0.3, 0.4) is 0 Å². The molecule has 0 unspecified atom stereocenters. The number of benzene rings is 2. The van der Waals surface area contributed by atoms with Crippen LogP contribution in [0.4, 0.5) is 5.69 Å². The van der Waals surface area contributed by atoms with Gasteiger partial charge in [-0.3, -0.25) is 10.1 Å². The van der Waals surface area contributed by atoms with Crippen LogP contribution in [0.1, 0.15) is 12.5 Å². The van der Waals surface area contributed by atoms with Gasteiger partial charge in [0.05, 0.1) is 4.92 Å². The molecule has 0 radical (unpaired) electrons. The lowest BCUT2D eigenvalue weighted by Gasteiger charge is -2.04. The average Bonchev–Trinajstić information content (AvgIpc) is 2.48. The van der Waals surface area contributed by atoms with Crippen molar-refractivity contribution in [2.45, 2.75) is 6.92 Å². The van der Waals surface area contributed by atoms with Crippen LogP contribution in [0.5, 0.6) is 5.75 Å². The van der Waals surface area contributed by atoms with Crippen molar-refractivity contribution in [2.24, 2.45) is 0 Å². The van der Waals surface area contributed by atoms with Gasteiger partial charge in [-0.05, 0) is 30.7 Å². The minimum Gasteiger partial charge on any atom is -0.423 e. The van der Waals surface area contributed by atoms with Crippen LogP contribution >= 0.6 is 0 Å². The standard InChI is InChI=1S/C16H13NO4/c1-12(16(18)21-15-8-3-2-4-9-15)10-13-6-5-7-14(11-13)17(19)20/h2-11H,1H3. The van der Waals surface area contributed by atoms with Crippen molar-refractivity contribution in [3.05, 3.63) is 75.8 Å². The summed E-state index contributed by atoms with van der Waals surface area (Å²) in [7, 11) is 0. The van der Waals surface area contributed by atoms with E-state index in [2.05, 4.69) is 0 Å². The molecule has 0 N–H and O–H groups in total. The Hall–Kier alpha value is -2.95. The van der Waals surface area contributed by atoms with Gasteiger partial charge in [-0.2, -0.15) is 0 Å². The lowest BCUT2D eigenvalue weighted by atomic mass is 10.1. The van der Waals surface area contributed by atoms with Gasteiger partial charge in [-0.15, -0.1) is 0 Å². The Morgan fingerprint density at radius 1 is 1.14 bits per heavy atom. The number of nitro groups is 1. The molecule has 0 saturated carbocycles. The summed E-state index contributed by atoms with van der Waals surface area (Å²) in [6.45, 7) is 1.60. The molecule has 5 nitrogen and oxygen atoms in total. The molecule has 5 heteroatoms. The molecule has 0 spiro atoms. The third kappa shape index (κ3) is 4.01. The number of para-hydroxylation sites is 1. The summed E-state index contributed by atoms with van der Waals surface area (Å²) in [5.74, 6) is -0.0398. The van der Waals surface area contributed by atoms with E-state index in [4.69, 9.17) is 4.74 Å². The van der Waals surface area contributed by atoms with E-state index in [1.54, 1.807) is 49.4 Å². The van der Waals surface area contributed by atoms with Gasteiger partial charge >= 0.3 is 5.97 Å². The van der Waals surface area contributed by atoms with Crippen molar-refractivity contribution >= 4 is 17.7 Å². The average molecular weight is 283 g/mol. The van der Waals surface area contributed by atoms with Crippen LogP contribution in [0.15, 0.2) is 60.2 Å². The monoisotopic (exact) mass is 283 g/mol. The number of esters is 1. The van der Waals surface area contributed by atoms with Crippen molar-refractivity contribution in [1.29, 1.82) is 0 Å². The maximum atomic E-state index is 11.9. The Balaban J connectivity index is 2.15. The molecule has 0 atom stereocenters. The number of nitrogens with zero attached hydrogens (tertiary/aromatic N) is 1. The van der Waals surface area contributed by atoms with E-state index in [1.807, 2.05) is 6.07 Å². The number of carbonyl (C=O) groups is 1. The Bertz CT molecular complexity index is 692. The predicted molar refractivity (Wildman–Crippen MR) is 78.8 cm³/mol. The maximum absolute atomic E-state index is 11.9. The van der Waals surface area contributed by atoms with Gasteiger partial charge < -0.3 is 4.74 Å². The van der Waals surface area contributed by atoms with Crippen LogP contribution in [0, 0.1) is 10.1 Å². The number of non-ortho nitro benzene ring substituents is 1. The first-order valence-corrected chi connectivity index (χ1v) is 6.26. The highest BCUT2D eigenvalue weighted by atomic mass is 16.6. The Morgan fingerprint density at radius 3 is 2.52 bits per heavy atom. The van der Waals surface area contributed by atoms with Gasteiger partial charge in [0.1, 0.15) is 5.75 Å².